The first-order chi connectivity index (χ1) is 8.74. The van der Waals surface area contributed by atoms with Gasteiger partial charge in [-0.3, -0.25) is 0 Å². The molecule has 0 unspecified atom stereocenters. The number of rotatable bonds is 1. The smallest absolute Gasteiger partial charge is 0.137 e. The molecule has 0 aliphatic rings. The van der Waals surface area contributed by atoms with Gasteiger partial charge in [0, 0.05) is 10.9 Å². The summed E-state index contributed by atoms with van der Waals surface area (Å²) < 4.78 is 0. The van der Waals surface area contributed by atoms with Crippen molar-refractivity contribution in [1.29, 1.82) is 0 Å². The van der Waals surface area contributed by atoms with Crippen molar-refractivity contribution in [3.05, 3.63) is 65.3 Å². The highest BCUT2D eigenvalue weighted by atomic mass is 35.5. The molecule has 18 heavy (non-hydrogen) atoms. The van der Waals surface area contributed by atoms with Crippen LogP contribution in [0.1, 0.15) is 5.56 Å². The predicted octanol–water partition coefficient (Wildman–Crippen LogP) is 4.86. The summed E-state index contributed by atoms with van der Waals surface area (Å²) in [5.74, 6) is 0. The highest BCUT2D eigenvalue weighted by Gasteiger charge is 2.05. The van der Waals surface area contributed by atoms with Crippen LogP contribution >= 0.6 is 11.6 Å². The molecule has 1 nitrogen and oxygen atoms in total. The van der Waals surface area contributed by atoms with E-state index in [0.717, 1.165) is 22.0 Å². The molecule has 88 valence electrons. The van der Waals surface area contributed by atoms with Gasteiger partial charge in [0.2, 0.25) is 0 Å². The lowest BCUT2D eigenvalue weighted by Gasteiger charge is -2.06. The Bertz CT molecular complexity index is 719. The van der Waals surface area contributed by atoms with Crippen molar-refractivity contribution in [1.82, 2.24) is 4.98 Å². The lowest BCUT2D eigenvalue weighted by molar-refractivity contribution is 1.34. The Morgan fingerprint density at radius 2 is 1.78 bits per heavy atom. The molecule has 0 saturated carbocycles. The van der Waals surface area contributed by atoms with Crippen molar-refractivity contribution >= 4 is 22.4 Å². The molecule has 3 rings (SSSR count). The number of hydrogen-bond donors (Lipinski definition) is 0. The standard InChI is InChI=1S/C16H12ClN/c1-11-5-4-7-13(9-11)15-10-12-6-2-3-8-14(12)16(17)18-15/h2-10H,1H3. The third kappa shape index (κ3) is 1.98. The minimum absolute atomic E-state index is 0.560. The molecular weight excluding hydrogens is 242 g/mol. The molecular formula is C16H12ClN. The van der Waals surface area contributed by atoms with Crippen LogP contribution in [0.15, 0.2) is 54.6 Å². The van der Waals surface area contributed by atoms with Gasteiger partial charge in [0.05, 0.1) is 5.69 Å². The van der Waals surface area contributed by atoms with E-state index in [1.807, 2.05) is 24.3 Å². The monoisotopic (exact) mass is 253 g/mol. The Morgan fingerprint density at radius 1 is 0.944 bits per heavy atom. The van der Waals surface area contributed by atoms with Crippen LogP contribution < -0.4 is 0 Å². The molecule has 0 saturated heterocycles. The first kappa shape index (κ1) is 11.2. The zero-order valence-corrected chi connectivity index (χ0v) is 10.8. The molecule has 1 aromatic heterocycles. The third-order valence-corrected chi connectivity index (χ3v) is 3.30. The lowest BCUT2D eigenvalue weighted by atomic mass is 10.1. The molecule has 3 aromatic rings. The predicted molar refractivity (Wildman–Crippen MR) is 76.9 cm³/mol. The van der Waals surface area contributed by atoms with Gasteiger partial charge in [0.25, 0.3) is 0 Å². The molecule has 0 fully saturated rings. The maximum absolute atomic E-state index is 6.24. The van der Waals surface area contributed by atoms with Crippen molar-refractivity contribution in [2.45, 2.75) is 6.92 Å². The van der Waals surface area contributed by atoms with E-state index in [0.29, 0.717) is 5.15 Å². The fourth-order valence-electron chi connectivity index (χ4n) is 2.11. The van der Waals surface area contributed by atoms with E-state index < -0.39 is 0 Å². The summed E-state index contributed by atoms with van der Waals surface area (Å²) in [4.78, 5) is 4.48. The van der Waals surface area contributed by atoms with Crippen molar-refractivity contribution in [2.75, 3.05) is 0 Å². The average molecular weight is 254 g/mol. The van der Waals surface area contributed by atoms with Crippen LogP contribution in [0.5, 0.6) is 0 Å². The van der Waals surface area contributed by atoms with Crippen LogP contribution in [-0.2, 0) is 0 Å². The first-order valence-corrected chi connectivity index (χ1v) is 6.24. The fourth-order valence-corrected chi connectivity index (χ4v) is 2.37. The fraction of sp³-hybridized carbons (Fsp3) is 0.0625. The van der Waals surface area contributed by atoms with Gasteiger partial charge in [-0.05, 0) is 24.4 Å². The molecule has 0 bridgehead atoms. The molecule has 0 radical (unpaired) electrons. The Balaban J connectivity index is 2.24. The quantitative estimate of drug-likeness (QED) is 0.564. The molecule has 0 spiro atoms. The summed E-state index contributed by atoms with van der Waals surface area (Å²) in [7, 11) is 0. The Hall–Kier alpha value is -1.86. The van der Waals surface area contributed by atoms with E-state index in [-0.39, 0.29) is 0 Å². The maximum atomic E-state index is 6.24. The SMILES string of the molecule is Cc1cccc(-c2cc3ccccc3c(Cl)n2)c1. The summed E-state index contributed by atoms with van der Waals surface area (Å²) in [5, 5.41) is 2.68. The van der Waals surface area contributed by atoms with Gasteiger partial charge < -0.3 is 0 Å². The summed E-state index contributed by atoms with van der Waals surface area (Å²) in [5.41, 5.74) is 3.24. The van der Waals surface area contributed by atoms with Crippen LogP contribution in [0.2, 0.25) is 5.15 Å². The number of pyridine rings is 1. The summed E-state index contributed by atoms with van der Waals surface area (Å²) in [6.07, 6.45) is 0. The molecule has 1 heterocycles. The van der Waals surface area contributed by atoms with Gasteiger partial charge in [-0.1, -0.05) is 59.6 Å². The highest BCUT2D eigenvalue weighted by molar-refractivity contribution is 6.34. The van der Waals surface area contributed by atoms with Gasteiger partial charge in [-0.25, -0.2) is 4.98 Å². The van der Waals surface area contributed by atoms with Crippen molar-refractivity contribution in [2.24, 2.45) is 0 Å². The second-order valence-corrected chi connectivity index (χ2v) is 4.75. The molecule has 0 amide bonds. The van der Waals surface area contributed by atoms with E-state index in [4.69, 9.17) is 11.6 Å². The number of halogens is 1. The second-order valence-electron chi connectivity index (χ2n) is 4.39. The number of hydrogen-bond acceptors (Lipinski definition) is 1. The zero-order chi connectivity index (χ0) is 12.5. The summed E-state index contributed by atoms with van der Waals surface area (Å²) in [6.45, 7) is 2.08. The lowest BCUT2D eigenvalue weighted by Crippen LogP contribution is -1.87. The third-order valence-electron chi connectivity index (χ3n) is 3.01. The zero-order valence-electron chi connectivity index (χ0n) is 10.0. The van der Waals surface area contributed by atoms with Crippen LogP contribution in [0.3, 0.4) is 0 Å². The minimum Gasteiger partial charge on any atom is -0.235 e. The van der Waals surface area contributed by atoms with Gasteiger partial charge in [0.1, 0.15) is 5.15 Å². The van der Waals surface area contributed by atoms with E-state index in [9.17, 15) is 0 Å². The largest absolute Gasteiger partial charge is 0.235 e. The molecule has 0 aliphatic heterocycles. The first-order valence-electron chi connectivity index (χ1n) is 5.86. The van der Waals surface area contributed by atoms with Gasteiger partial charge in [-0.2, -0.15) is 0 Å². The van der Waals surface area contributed by atoms with Crippen molar-refractivity contribution in [3.8, 4) is 11.3 Å². The van der Waals surface area contributed by atoms with Crippen molar-refractivity contribution in [3.63, 3.8) is 0 Å². The maximum Gasteiger partial charge on any atom is 0.137 e. The summed E-state index contributed by atoms with van der Waals surface area (Å²) >= 11 is 6.24. The van der Waals surface area contributed by atoms with Crippen LogP contribution in [-0.4, -0.2) is 4.98 Å². The Kier molecular flexibility index (Phi) is 2.77. The second kappa shape index (κ2) is 4.43. The van der Waals surface area contributed by atoms with Crippen LogP contribution in [0.25, 0.3) is 22.0 Å². The van der Waals surface area contributed by atoms with Gasteiger partial charge in [0.15, 0.2) is 0 Å². The number of nitrogens with zero attached hydrogens (tertiary/aromatic N) is 1. The molecule has 2 heteroatoms. The van der Waals surface area contributed by atoms with E-state index in [1.165, 1.54) is 5.56 Å². The molecule has 0 atom stereocenters. The molecule has 0 N–H and O–H groups in total. The van der Waals surface area contributed by atoms with E-state index >= 15 is 0 Å². The number of aryl methyl sites for hydroxylation is 1. The van der Waals surface area contributed by atoms with Crippen LogP contribution in [0, 0.1) is 6.92 Å². The molecule has 2 aromatic carbocycles. The van der Waals surface area contributed by atoms with Gasteiger partial charge in [-0.15, -0.1) is 0 Å². The number of aromatic nitrogens is 1. The minimum atomic E-state index is 0.560. The van der Waals surface area contributed by atoms with E-state index in [2.05, 4.69) is 42.2 Å². The van der Waals surface area contributed by atoms with Crippen molar-refractivity contribution < 1.29 is 0 Å². The number of benzene rings is 2. The molecule has 0 aliphatic carbocycles. The Morgan fingerprint density at radius 3 is 2.61 bits per heavy atom. The average Bonchev–Trinajstić information content (AvgIpc) is 2.39. The van der Waals surface area contributed by atoms with Crippen LogP contribution in [0.4, 0.5) is 0 Å². The highest BCUT2D eigenvalue weighted by Crippen LogP contribution is 2.27. The van der Waals surface area contributed by atoms with E-state index in [1.54, 1.807) is 0 Å². The summed E-state index contributed by atoms with van der Waals surface area (Å²) in [6, 6.07) is 18.4. The normalized spacial score (nSPS) is 10.8. The number of fused-ring (bicyclic) bond motifs is 1. The topological polar surface area (TPSA) is 12.9 Å². The Labute approximate surface area is 111 Å². The van der Waals surface area contributed by atoms with Gasteiger partial charge >= 0.3 is 0 Å².